The molecule has 1 aliphatic heterocycles. The number of likely N-dealkylation sites (tertiary alicyclic amines) is 1. The van der Waals surface area contributed by atoms with Crippen molar-refractivity contribution in [2.45, 2.75) is 98.9 Å². The normalized spacial score (nSPS) is 17.4. The summed E-state index contributed by atoms with van der Waals surface area (Å²) in [6.45, 7) is 19.3. The Morgan fingerprint density at radius 1 is 0.763 bits per heavy atom. The molecular weight excluding hydrogens is 993 g/mol. The van der Waals surface area contributed by atoms with Crippen molar-refractivity contribution in [1.82, 2.24) is 20.5 Å². The number of hydrogen-bond acceptors (Lipinski definition) is 15. The first-order chi connectivity index (χ1) is 36.3. The minimum absolute atomic E-state index is 0.0244. The molecule has 1 saturated heterocycles. The third-order valence-electron chi connectivity index (χ3n) is 13.2. The van der Waals surface area contributed by atoms with Crippen LogP contribution in [0.25, 0.3) is 27.1 Å². The molecule has 2 heterocycles. The zero-order valence-corrected chi connectivity index (χ0v) is 46.3. The number of nitrogens with zero attached hydrogens (tertiary/aromatic N) is 2. The van der Waals surface area contributed by atoms with E-state index in [4.69, 9.17) is 33.2 Å². The number of rotatable bonds is 29. The summed E-state index contributed by atoms with van der Waals surface area (Å²) >= 11 is 1.57. The lowest BCUT2D eigenvalue weighted by molar-refractivity contribution is -0.144. The Bertz CT molecular complexity index is 2560. The largest absolute Gasteiger partial charge is 0.512 e. The van der Waals surface area contributed by atoms with Crippen molar-refractivity contribution in [3.8, 4) is 27.3 Å². The molecule has 17 nitrogen and oxygen atoms in total. The van der Waals surface area contributed by atoms with Crippen LogP contribution in [0.15, 0.2) is 78.0 Å². The number of carbonyl (C=O) groups excluding carboxylic acids is 4. The first-order valence-electron chi connectivity index (χ1n) is 26.2. The Morgan fingerprint density at radius 3 is 1.87 bits per heavy atom. The van der Waals surface area contributed by atoms with Crippen molar-refractivity contribution >= 4 is 40.4 Å². The maximum Gasteiger partial charge on any atom is 0.246 e. The highest BCUT2D eigenvalue weighted by Crippen LogP contribution is 2.41. The number of carbonyl (C=O) groups is 4. The summed E-state index contributed by atoms with van der Waals surface area (Å²) in [4.78, 5) is 60.4. The second-order valence-corrected chi connectivity index (χ2v) is 22.0. The van der Waals surface area contributed by atoms with E-state index >= 15 is 0 Å². The maximum absolute atomic E-state index is 14.0. The van der Waals surface area contributed by atoms with Crippen LogP contribution < -0.4 is 15.4 Å². The highest BCUT2D eigenvalue weighted by Gasteiger charge is 2.45. The molecule has 0 saturated carbocycles. The molecule has 3 amide bonds. The van der Waals surface area contributed by atoms with Gasteiger partial charge in [0.2, 0.25) is 17.7 Å². The summed E-state index contributed by atoms with van der Waals surface area (Å²) in [5.41, 5.74) is 7.84. The fourth-order valence-electron chi connectivity index (χ4n) is 9.11. The van der Waals surface area contributed by atoms with Crippen molar-refractivity contribution in [3.05, 3.63) is 100 Å². The first kappa shape index (κ1) is 59.7. The molecule has 4 atom stereocenters. The lowest BCUT2D eigenvalue weighted by atomic mass is 9.74. The van der Waals surface area contributed by atoms with Crippen LogP contribution in [0.3, 0.4) is 0 Å². The van der Waals surface area contributed by atoms with E-state index in [0.29, 0.717) is 84.5 Å². The van der Waals surface area contributed by atoms with Crippen molar-refractivity contribution in [2.75, 3.05) is 92.4 Å². The minimum atomic E-state index is -0.974. The average Bonchev–Trinajstić information content (AvgIpc) is 4.00. The SMILES string of the molecule is Cc1ccc(-c2ccc(OCCOCCOCCOCCOCCOCCOCC(=O)N[C@H](C(=O)N3C[C@H](O)C[C@H]3C(=O)N[C@@H](C)c3ccc(-c4scnc4C)cc3)C(C)(C)C)cc2)cc1C1=C(O)CC(C)(C)CC1=O. The predicted octanol–water partition coefficient (Wildman–Crippen LogP) is 7.60. The lowest BCUT2D eigenvalue weighted by Gasteiger charge is -2.35. The van der Waals surface area contributed by atoms with Crippen molar-refractivity contribution < 1.29 is 62.5 Å². The Labute approximate surface area is 451 Å². The highest BCUT2D eigenvalue weighted by molar-refractivity contribution is 7.13. The highest BCUT2D eigenvalue weighted by atomic mass is 32.1. The molecule has 1 aliphatic carbocycles. The molecule has 1 aromatic heterocycles. The number of aliphatic hydroxyl groups is 2. The van der Waals surface area contributed by atoms with Gasteiger partial charge in [0.25, 0.3) is 0 Å². The molecule has 1 fully saturated rings. The third kappa shape index (κ3) is 17.7. The van der Waals surface area contributed by atoms with Crippen LogP contribution in [0, 0.1) is 24.7 Å². The molecule has 6 rings (SSSR count). The van der Waals surface area contributed by atoms with Gasteiger partial charge in [-0.2, -0.15) is 0 Å². The van der Waals surface area contributed by atoms with E-state index in [-0.39, 0.29) is 61.7 Å². The van der Waals surface area contributed by atoms with E-state index < -0.39 is 35.4 Å². The molecule has 2 aliphatic rings. The van der Waals surface area contributed by atoms with Crippen LogP contribution in [0.4, 0.5) is 0 Å². The summed E-state index contributed by atoms with van der Waals surface area (Å²) < 4.78 is 39.3. The van der Waals surface area contributed by atoms with E-state index in [1.54, 1.807) is 11.3 Å². The second-order valence-electron chi connectivity index (χ2n) is 21.2. The monoisotopic (exact) mass is 1070 g/mol. The fraction of sp³-hybridized carbons (Fsp3) is 0.534. The molecule has 0 radical (unpaired) electrons. The second kappa shape index (κ2) is 28.7. The van der Waals surface area contributed by atoms with Crippen molar-refractivity contribution in [3.63, 3.8) is 0 Å². The van der Waals surface area contributed by atoms with Crippen LogP contribution in [0.2, 0.25) is 0 Å². The number of ketones is 1. The number of allylic oxidation sites excluding steroid dienone is 2. The number of benzene rings is 3. The smallest absolute Gasteiger partial charge is 0.246 e. The standard InChI is InChI=1S/C58H78N4O13S/c1-38-9-10-44(31-47(38)52-49(64)33-58(7,8)34-50(52)65)42-15-17-46(18-16-42)75-30-29-73-26-25-71-22-21-69-19-20-70-23-24-72-27-28-74-36-51(66)61-54(57(4,5)6)56(68)62-35-45(63)32-48(62)55(67)60-39(2)41-11-13-43(14-12-41)53-40(3)59-37-76-53/h9-18,31,37,39,45,48,54,63-64H,19-30,32-36H2,1-8H3,(H,60,67)(H,61,66)/t39-,45+,48-,54+/m0/s1. The van der Waals surface area contributed by atoms with Gasteiger partial charge in [-0.1, -0.05) is 83.1 Å². The molecule has 414 valence electrons. The van der Waals surface area contributed by atoms with E-state index in [0.717, 1.165) is 49.7 Å². The fourth-order valence-corrected chi connectivity index (χ4v) is 9.92. The van der Waals surface area contributed by atoms with Gasteiger partial charge < -0.3 is 58.9 Å². The van der Waals surface area contributed by atoms with Gasteiger partial charge in [0.15, 0.2) is 5.78 Å². The van der Waals surface area contributed by atoms with Crippen LogP contribution in [0.5, 0.6) is 5.75 Å². The summed E-state index contributed by atoms with van der Waals surface area (Å²) in [5.74, 6) is -0.458. The number of aliphatic hydroxyl groups excluding tert-OH is 2. The molecule has 4 aromatic rings. The Hall–Kier alpha value is -5.57. The molecule has 0 bridgehead atoms. The first-order valence-corrected chi connectivity index (χ1v) is 27.0. The summed E-state index contributed by atoms with van der Waals surface area (Å²) in [7, 11) is 0. The van der Waals surface area contributed by atoms with Crippen LogP contribution in [0.1, 0.15) is 89.2 Å². The van der Waals surface area contributed by atoms with Gasteiger partial charge in [0, 0.05) is 25.8 Å². The van der Waals surface area contributed by atoms with Gasteiger partial charge in [0.1, 0.15) is 36.8 Å². The molecule has 4 N–H and O–H groups in total. The van der Waals surface area contributed by atoms with Gasteiger partial charge in [-0.05, 0) is 83.2 Å². The quantitative estimate of drug-likeness (QED) is 0.0386. The van der Waals surface area contributed by atoms with Crippen molar-refractivity contribution in [2.24, 2.45) is 10.8 Å². The minimum Gasteiger partial charge on any atom is -0.512 e. The van der Waals surface area contributed by atoms with Crippen LogP contribution in [-0.4, -0.2) is 154 Å². The predicted molar refractivity (Wildman–Crippen MR) is 291 cm³/mol. The van der Waals surface area contributed by atoms with Crippen molar-refractivity contribution in [1.29, 1.82) is 0 Å². The number of Topliss-reactive ketones (excluding diaryl/α,β-unsaturated/α-hetero) is 1. The third-order valence-corrected chi connectivity index (χ3v) is 14.2. The molecular formula is C58H78N4O13S. The summed E-state index contributed by atoms with van der Waals surface area (Å²) in [6.07, 6.45) is 0.0885. The van der Waals surface area contributed by atoms with Gasteiger partial charge in [-0.25, -0.2) is 4.98 Å². The Morgan fingerprint density at radius 2 is 1.32 bits per heavy atom. The van der Waals surface area contributed by atoms with E-state index in [1.165, 1.54) is 4.90 Å². The van der Waals surface area contributed by atoms with Gasteiger partial charge in [-0.3, -0.25) is 19.2 Å². The van der Waals surface area contributed by atoms with Crippen LogP contribution >= 0.6 is 11.3 Å². The number of hydrogen-bond donors (Lipinski definition) is 4. The number of thiazole rings is 1. The topological polar surface area (TPSA) is 214 Å². The zero-order valence-electron chi connectivity index (χ0n) is 45.4. The zero-order chi connectivity index (χ0) is 54.8. The average molecular weight is 1070 g/mol. The van der Waals surface area contributed by atoms with E-state index in [2.05, 4.69) is 15.6 Å². The van der Waals surface area contributed by atoms with E-state index in [1.807, 2.05) is 128 Å². The number of aryl methyl sites for hydroxylation is 2. The summed E-state index contributed by atoms with van der Waals surface area (Å²) in [5, 5.41) is 27.2. The maximum atomic E-state index is 14.0. The molecule has 18 heteroatoms. The number of ether oxygens (including phenoxy) is 7. The van der Waals surface area contributed by atoms with E-state index in [9.17, 15) is 29.4 Å². The Kier molecular flexibility index (Phi) is 22.5. The molecule has 0 spiro atoms. The van der Waals surface area contributed by atoms with Gasteiger partial charge in [-0.15, -0.1) is 11.3 Å². The molecule has 76 heavy (non-hydrogen) atoms. The number of amides is 3. The number of aromatic nitrogens is 1. The van der Waals surface area contributed by atoms with Gasteiger partial charge >= 0.3 is 0 Å². The number of nitrogens with one attached hydrogen (secondary N) is 2. The van der Waals surface area contributed by atoms with Crippen LogP contribution in [-0.2, 0) is 47.6 Å². The number of β-amino-alcohol motifs (C(OH)–C–C–N with tert-alkyl or cyclic N) is 1. The van der Waals surface area contributed by atoms with Gasteiger partial charge in [0.05, 0.1) is 106 Å². The summed E-state index contributed by atoms with van der Waals surface area (Å²) in [6, 6.07) is 19.4. The molecule has 0 unspecified atom stereocenters. The molecule has 3 aromatic carbocycles. The lowest BCUT2D eigenvalue weighted by Crippen LogP contribution is -2.58. The Balaban J connectivity index is 0.751.